The van der Waals surface area contributed by atoms with Crippen molar-refractivity contribution in [3.8, 4) is 0 Å². The van der Waals surface area contributed by atoms with Crippen LogP contribution in [-0.2, 0) is 4.74 Å². The summed E-state index contributed by atoms with van der Waals surface area (Å²) in [5, 5.41) is 3.18. The lowest BCUT2D eigenvalue weighted by atomic mass is 9.94. The zero-order valence-electron chi connectivity index (χ0n) is 10.4. The number of nitrogens with one attached hydrogen (secondary N) is 1. The highest BCUT2D eigenvalue weighted by Gasteiger charge is 2.38. The molecule has 1 fully saturated rings. The Bertz CT molecular complexity index is 460. The van der Waals surface area contributed by atoms with E-state index in [1.54, 1.807) is 0 Å². The Balaban J connectivity index is 2.17. The average Bonchev–Trinajstić information content (AvgIpc) is 2.57. The first-order valence-electron chi connectivity index (χ1n) is 5.78. The van der Waals surface area contributed by atoms with Crippen molar-refractivity contribution in [1.82, 2.24) is 10.3 Å². The fourth-order valence-electron chi connectivity index (χ4n) is 1.98. The number of rotatable bonds is 2. The first-order chi connectivity index (χ1) is 8.40. The van der Waals surface area contributed by atoms with Crippen LogP contribution in [0.1, 0.15) is 30.6 Å². The van der Waals surface area contributed by atoms with Crippen molar-refractivity contribution in [3.63, 3.8) is 0 Å². The van der Waals surface area contributed by atoms with Crippen LogP contribution in [0.2, 0.25) is 5.15 Å². The van der Waals surface area contributed by atoms with Crippen molar-refractivity contribution in [1.29, 1.82) is 0 Å². The van der Waals surface area contributed by atoms with Gasteiger partial charge in [-0.3, -0.25) is 4.79 Å². The Morgan fingerprint density at radius 1 is 1.67 bits per heavy atom. The molecule has 3 N–H and O–H groups in total. The second-order valence-corrected chi connectivity index (χ2v) is 5.13. The molecule has 2 heterocycles. The van der Waals surface area contributed by atoms with E-state index in [0.29, 0.717) is 12.2 Å². The van der Waals surface area contributed by atoms with Gasteiger partial charge in [-0.05, 0) is 32.4 Å². The van der Waals surface area contributed by atoms with Gasteiger partial charge in [0.2, 0.25) is 0 Å². The summed E-state index contributed by atoms with van der Waals surface area (Å²) in [6, 6.07) is 3.00. The van der Waals surface area contributed by atoms with Gasteiger partial charge in [-0.2, -0.15) is 0 Å². The molecule has 1 aliphatic heterocycles. The van der Waals surface area contributed by atoms with Crippen molar-refractivity contribution < 1.29 is 9.53 Å². The lowest BCUT2D eigenvalue weighted by molar-refractivity contribution is 0.0727. The number of halogens is 1. The third kappa shape index (κ3) is 2.57. The Labute approximate surface area is 111 Å². The third-order valence-corrected chi connectivity index (χ3v) is 3.56. The average molecular weight is 270 g/mol. The van der Waals surface area contributed by atoms with Crippen LogP contribution in [0, 0.1) is 0 Å². The topological polar surface area (TPSA) is 77.2 Å². The molecule has 0 aromatic carbocycles. The number of ether oxygens (including phenoxy) is 1. The van der Waals surface area contributed by atoms with E-state index in [0.717, 1.165) is 6.42 Å². The van der Waals surface area contributed by atoms with Gasteiger partial charge in [0, 0.05) is 12.2 Å². The highest BCUT2D eigenvalue weighted by atomic mass is 35.5. The minimum Gasteiger partial charge on any atom is -0.384 e. The Morgan fingerprint density at radius 2 is 2.39 bits per heavy atom. The van der Waals surface area contributed by atoms with E-state index in [1.165, 1.54) is 12.1 Å². The molecular formula is C12H16ClN3O2. The molecule has 0 bridgehead atoms. The minimum absolute atomic E-state index is 0.0175. The van der Waals surface area contributed by atoms with Crippen LogP contribution in [0.4, 0.5) is 5.82 Å². The first kappa shape index (κ1) is 13.1. The van der Waals surface area contributed by atoms with Crippen molar-refractivity contribution in [2.45, 2.75) is 31.9 Å². The van der Waals surface area contributed by atoms with Crippen molar-refractivity contribution in [3.05, 3.63) is 22.8 Å². The molecule has 2 unspecified atom stereocenters. The predicted molar refractivity (Wildman–Crippen MR) is 69.6 cm³/mol. The van der Waals surface area contributed by atoms with Crippen LogP contribution in [0.3, 0.4) is 0 Å². The number of aromatic nitrogens is 1. The molecule has 2 rings (SSSR count). The molecule has 5 nitrogen and oxygen atoms in total. The van der Waals surface area contributed by atoms with E-state index in [9.17, 15) is 4.79 Å². The predicted octanol–water partition coefficient (Wildman–Crippen LogP) is 1.61. The summed E-state index contributed by atoms with van der Waals surface area (Å²) in [5.74, 6) is 0.0133. The van der Waals surface area contributed by atoms with Crippen LogP contribution in [0.5, 0.6) is 0 Å². The Hall–Kier alpha value is -1.33. The lowest BCUT2D eigenvalue weighted by Gasteiger charge is -2.28. The Kier molecular flexibility index (Phi) is 3.45. The number of carbonyl (C=O) groups excluding carboxylic acids is 1. The van der Waals surface area contributed by atoms with E-state index >= 15 is 0 Å². The number of nitrogens with zero attached hydrogens (tertiary/aromatic N) is 1. The van der Waals surface area contributed by atoms with Crippen molar-refractivity contribution in [2.75, 3.05) is 12.3 Å². The molecule has 6 heteroatoms. The normalized spacial score (nSPS) is 27.2. The maximum Gasteiger partial charge on any atom is 0.252 e. The second kappa shape index (κ2) is 4.74. The molecule has 1 aliphatic rings. The number of amides is 1. The van der Waals surface area contributed by atoms with Gasteiger partial charge >= 0.3 is 0 Å². The molecule has 1 aromatic heterocycles. The zero-order chi connectivity index (χ0) is 13.3. The number of hydrogen-bond acceptors (Lipinski definition) is 4. The third-order valence-electron chi connectivity index (χ3n) is 3.36. The Morgan fingerprint density at radius 3 is 2.94 bits per heavy atom. The zero-order valence-corrected chi connectivity index (χ0v) is 11.1. The standard InChI is InChI=1S/C12H16ClN3O2/c1-7-12(2,3-4-18-7)16-11(17)8-5-9(13)15-10(14)6-8/h5-7H,3-4H2,1-2H3,(H2,14,15)(H,16,17). The van der Waals surface area contributed by atoms with E-state index in [4.69, 9.17) is 22.1 Å². The molecule has 0 saturated carbocycles. The van der Waals surface area contributed by atoms with Crippen LogP contribution >= 0.6 is 11.6 Å². The monoisotopic (exact) mass is 269 g/mol. The molecule has 98 valence electrons. The molecule has 1 amide bonds. The molecule has 0 aliphatic carbocycles. The van der Waals surface area contributed by atoms with Crippen LogP contribution < -0.4 is 11.1 Å². The highest BCUT2D eigenvalue weighted by Crippen LogP contribution is 2.25. The summed E-state index contributed by atoms with van der Waals surface area (Å²) in [5.41, 5.74) is 5.62. The molecule has 0 spiro atoms. The van der Waals surface area contributed by atoms with Gasteiger partial charge in [0.25, 0.3) is 5.91 Å². The molecule has 2 atom stereocenters. The highest BCUT2D eigenvalue weighted by molar-refractivity contribution is 6.29. The summed E-state index contributed by atoms with van der Waals surface area (Å²) in [4.78, 5) is 16.0. The van der Waals surface area contributed by atoms with Crippen LogP contribution in [-0.4, -0.2) is 29.1 Å². The number of carbonyl (C=O) groups is 1. The van der Waals surface area contributed by atoms with Crippen molar-refractivity contribution >= 4 is 23.3 Å². The summed E-state index contributed by atoms with van der Waals surface area (Å²) >= 11 is 5.78. The fourth-order valence-corrected chi connectivity index (χ4v) is 2.19. The van der Waals surface area contributed by atoms with Gasteiger partial charge in [-0.15, -0.1) is 0 Å². The number of anilines is 1. The van der Waals surface area contributed by atoms with Crippen molar-refractivity contribution in [2.24, 2.45) is 0 Å². The summed E-state index contributed by atoms with van der Waals surface area (Å²) in [7, 11) is 0. The smallest absolute Gasteiger partial charge is 0.252 e. The summed E-state index contributed by atoms with van der Waals surface area (Å²) in [6.07, 6.45) is 0.768. The molecule has 1 saturated heterocycles. The molecule has 0 radical (unpaired) electrons. The largest absolute Gasteiger partial charge is 0.384 e. The molecule has 18 heavy (non-hydrogen) atoms. The summed E-state index contributed by atoms with van der Waals surface area (Å²) in [6.45, 7) is 4.56. The maximum atomic E-state index is 12.1. The van der Waals surface area contributed by atoms with Crippen LogP contribution in [0.15, 0.2) is 12.1 Å². The summed E-state index contributed by atoms with van der Waals surface area (Å²) < 4.78 is 5.47. The quantitative estimate of drug-likeness (QED) is 0.800. The van der Waals surface area contributed by atoms with E-state index in [2.05, 4.69) is 10.3 Å². The lowest BCUT2D eigenvalue weighted by Crippen LogP contribution is -2.50. The van der Waals surface area contributed by atoms with Gasteiger partial charge in [0.1, 0.15) is 11.0 Å². The first-order valence-corrected chi connectivity index (χ1v) is 6.16. The van der Waals surface area contributed by atoms with Gasteiger partial charge in [0.05, 0.1) is 11.6 Å². The minimum atomic E-state index is -0.360. The number of nitrogen functional groups attached to an aromatic ring is 1. The van der Waals surface area contributed by atoms with E-state index in [-0.39, 0.29) is 28.5 Å². The fraction of sp³-hybridized carbons (Fsp3) is 0.500. The number of nitrogens with two attached hydrogens (primary N) is 1. The number of hydrogen-bond donors (Lipinski definition) is 2. The van der Waals surface area contributed by atoms with Gasteiger partial charge in [0.15, 0.2) is 0 Å². The van der Waals surface area contributed by atoms with Gasteiger partial charge in [-0.25, -0.2) is 4.98 Å². The SMILES string of the molecule is CC1OCCC1(C)NC(=O)c1cc(N)nc(Cl)c1. The molecular weight excluding hydrogens is 254 g/mol. The van der Waals surface area contributed by atoms with E-state index in [1.807, 2.05) is 13.8 Å². The number of pyridine rings is 1. The van der Waals surface area contributed by atoms with Gasteiger partial charge < -0.3 is 15.8 Å². The maximum absolute atomic E-state index is 12.1. The van der Waals surface area contributed by atoms with Gasteiger partial charge in [-0.1, -0.05) is 11.6 Å². The van der Waals surface area contributed by atoms with E-state index < -0.39 is 0 Å². The molecule has 1 aromatic rings. The van der Waals surface area contributed by atoms with Crippen LogP contribution in [0.25, 0.3) is 0 Å². The second-order valence-electron chi connectivity index (χ2n) is 4.74.